The van der Waals surface area contributed by atoms with Crippen molar-refractivity contribution in [2.24, 2.45) is 5.92 Å². The van der Waals surface area contributed by atoms with Crippen LogP contribution in [0.25, 0.3) is 0 Å². The number of hydrogen-bond donors (Lipinski definition) is 1. The van der Waals surface area contributed by atoms with Crippen LogP contribution in [0.4, 0.5) is 11.5 Å². The van der Waals surface area contributed by atoms with Gasteiger partial charge in [-0.15, -0.1) is 0 Å². The molecule has 0 aromatic carbocycles. The number of piperidine rings is 1. The smallest absolute Gasteiger partial charge is 0.311 e. The van der Waals surface area contributed by atoms with Gasteiger partial charge in [0.05, 0.1) is 11.0 Å². The summed E-state index contributed by atoms with van der Waals surface area (Å²) in [6.45, 7) is 4.95. The summed E-state index contributed by atoms with van der Waals surface area (Å²) in [5.74, 6) is 0.513. The van der Waals surface area contributed by atoms with Crippen molar-refractivity contribution in [2.45, 2.75) is 26.4 Å². The van der Waals surface area contributed by atoms with Crippen molar-refractivity contribution in [3.05, 3.63) is 27.9 Å². The molecule has 1 aromatic rings. The number of nitrogens with zero attached hydrogens (tertiary/aromatic N) is 3. The van der Waals surface area contributed by atoms with Crippen molar-refractivity contribution in [3.8, 4) is 0 Å². The molecule has 98 valence electrons. The maximum absolute atomic E-state index is 11.0. The number of aryl methyl sites for hydroxylation is 1. The monoisotopic (exact) mass is 251 g/mol. The minimum absolute atomic E-state index is 0.0317. The second kappa shape index (κ2) is 4.89. The molecule has 6 nitrogen and oxygen atoms in total. The van der Waals surface area contributed by atoms with Gasteiger partial charge in [0.15, 0.2) is 0 Å². The highest BCUT2D eigenvalue weighted by molar-refractivity contribution is 5.58. The number of rotatable bonds is 2. The van der Waals surface area contributed by atoms with Crippen LogP contribution in [0.3, 0.4) is 0 Å². The molecule has 2 atom stereocenters. The molecule has 0 bridgehead atoms. The molecule has 1 saturated heterocycles. The first-order chi connectivity index (χ1) is 8.49. The Morgan fingerprint density at radius 2 is 2.28 bits per heavy atom. The van der Waals surface area contributed by atoms with Crippen LogP contribution in [-0.4, -0.2) is 34.2 Å². The van der Waals surface area contributed by atoms with Crippen molar-refractivity contribution < 1.29 is 10.0 Å². The molecule has 0 saturated carbocycles. The number of aliphatic hydroxyl groups excluding tert-OH is 1. The van der Waals surface area contributed by atoms with E-state index < -0.39 is 4.92 Å². The lowest BCUT2D eigenvalue weighted by Crippen LogP contribution is -2.42. The Morgan fingerprint density at radius 3 is 2.89 bits per heavy atom. The third-order valence-corrected chi connectivity index (χ3v) is 3.35. The molecule has 0 radical (unpaired) electrons. The number of aromatic nitrogens is 1. The van der Waals surface area contributed by atoms with E-state index in [2.05, 4.69) is 4.98 Å². The van der Waals surface area contributed by atoms with Gasteiger partial charge in [0.2, 0.25) is 5.82 Å². The summed E-state index contributed by atoms with van der Waals surface area (Å²) in [7, 11) is 0. The van der Waals surface area contributed by atoms with E-state index in [4.69, 9.17) is 0 Å². The summed E-state index contributed by atoms with van der Waals surface area (Å²) in [5.41, 5.74) is 0.790. The summed E-state index contributed by atoms with van der Waals surface area (Å²) in [6, 6.07) is 3.14. The standard InChI is InChI=1S/C12H17N3O3/c1-8-7-14(6-5-11(8)16)12-10(15(17)18)4-3-9(2)13-12/h3-4,8,11,16H,5-7H2,1-2H3. The first-order valence-electron chi connectivity index (χ1n) is 6.04. The van der Waals surface area contributed by atoms with Crippen molar-refractivity contribution in [1.82, 2.24) is 4.98 Å². The Bertz CT molecular complexity index is 464. The predicted molar refractivity (Wildman–Crippen MR) is 67.6 cm³/mol. The van der Waals surface area contributed by atoms with E-state index in [1.165, 1.54) is 6.07 Å². The summed E-state index contributed by atoms with van der Waals surface area (Å²) in [4.78, 5) is 16.8. The molecular formula is C12H17N3O3. The van der Waals surface area contributed by atoms with Gasteiger partial charge in [0.25, 0.3) is 0 Å². The Morgan fingerprint density at radius 1 is 1.56 bits per heavy atom. The fourth-order valence-corrected chi connectivity index (χ4v) is 2.24. The van der Waals surface area contributed by atoms with Crippen molar-refractivity contribution in [3.63, 3.8) is 0 Å². The van der Waals surface area contributed by atoms with Crippen molar-refractivity contribution in [1.29, 1.82) is 0 Å². The summed E-state index contributed by atoms with van der Waals surface area (Å²) < 4.78 is 0. The fourth-order valence-electron chi connectivity index (χ4n) is 2.24. The SMILES string of the molecule is Cc1ccc([N+](=O)[O-])c(N2CCC(O)C(C)C2)n1. The number of hydrogen-bond acceptors (Lipinski definition) is 5. The van der Waals surface area contributed by atoms with E-state index >= 15 is 0 Å². The van der Waals surface area contributed by atoms with Crippen LogP contribution < -0.4 is 4.90 Å². The molecule has 0 aliphatic carbocycles. The van der Waals surface area contributed by atoms with Crippen LogP contribution in [0.1, 0.15) is 19.0 Å². The highest BCUT2D eigenvalue weighted by atomic mass is 16.6. The molecular weight excluding hydrogens is 234 g/mol. The van der Waals surface area contributed by atoms with Crippen molar-refractivity contribution in [2.75, 3.05) is 18.0 Å². The number of aliphatic hydroxyl groups is 1. The molecule has 1 fully saturated rings. The largest absolute Gasteiger partial charge is 0.393 e. The van der Waals surface area contributed by atoms with Gasteiger partial charge in [-0.1, -0.05) is 6.92 Å². The second-order valence-corrected chi connectivity index (χ2v) is 4.83. The first kappa shape index (κ1) is 12.8. The van der Waals surface area contributed by atoms with E-state index in [1.807, 2.05) is 18.7 Å². The minimum Gasteiger partial charge on any atom is -0.393 e. The Kier molecular flexibility index (Phi) is 3.47. The lowest BCUT2D eigenvalue weighted by Gasteiger charge is -2.34. The van der Waals surface area contributed by atoms with Gasteiger partial charge in [0, 0.05) is 24.8 Å². The zero-order valence-electron chi connectivity index (χ0n) is 10.5. The van der Waals surface area contributed by atoms with Gasteiger partial charge in [0.1, 0.15) is 0 Å². The normalized spacial score (nSPS) is 24.1. The molecule has 2 rings (SSSR count). The Hall–Kier alpha value is -1.69. The second-order valence-electron chi connectivity index (χ2n) is 4.83. The number of pyridine rings is 1. The van der Waals surface area contributed by atoms with E-state index in [0.717, 1.165) is 5.69 Å². The maximum atomic E-state index is 11.0. The first-order valence-corrected chi connectivity index (χ1v) is 6.04. The van der Waals surface area contributed by atoms with E-state index in [0.29, 0.717) is 25.3 Å². The van der Waals surface area contributed by atoms with Crippen LogP contribution in [0.5, 0.6) is 0 Å². The van der Waals surface area contributed by atoms with Crippen LogP contribution >= 0.6 is 0 Å². The summed E-state index contributed by atoms with van der Waals surface area (Å²) >= 11 is 0. The predicted octanol–water partition coefficient (Wildman–Crippen LogP) is 1.51. The average Bonchev–Trinajstić information content (AvgIpc) is 2.32. The summed E-state index contributed by atoms with van der Waals surface area (Å²) in [5, 5.41) is 20.7. The average molecular weight is 251 g/mol. The quantitative estimate of drug-likeness (QED) is 0.636. The molecule has 1 aliphatic heterocycles. The third-order valence-electron chi connectivity index (χ3n) is 3.35. The highest BCUT2D eigenvalue weighted by Crippen LogP contribution is 2.29. The minimum atomic E-state index is -0.405. The molecule has 2 heterocycles. The van der Waals surface area contributed by atoms with Crippen LogP contribution in [0.2, 0.25) is 0 Å². The van der Waals surface area contributed by atoms with Gasteiger partial charge < -0.3 is 10.0 Å². The lowest BCUT2D eigenvalue weighted by molar-refractivity contribution is -0.384. The molecule has 1 aromatic heterocycles. The van der Waals surface area contributed by atoms with Gasteiger partial charge >= 0.3 is 5.69 Å². The molecule has 18 heavy (non-hydrogen) atoms. The highest BCUT2D eigenvalue weighted by Gasteiger charge is 2.29. The lowest BCUT2D eigenvalue weighted by atomic mass is 9.97. The fraction of sp³-hybridized carbons (Fsp3) is 0.583. The van der Waals surface area contributed by atoms with Crippen LogP contribution in [0.15, 0.2) is 12.1 Å². The topological polar surface area (TPSA) is 79.5 Å². The van der Waals surface area contributed by atoms with Gasteiger partial charge in [-0.3, -0.25) is 10.1 Å². The van der Waals surface area contributed by atoms with Crippen LogP contribution in [-0.2, 0) is 0 Å². The molecule has 2 unspecified atom stereocenters. The zero-order valence-corrected chi connectivity index (χ0v) is 10.5. The Balaban J connectivity index is 2.32. The molecule has 0 spiro atoms. The number of nitro groups is 1. The van der Waals surface area contributed by atoms with Crippen molar-refractivity contribution >= 4 is 11.5 Å². The van der Waals surface area contributed by atoms with E-state index in [-0.39, 0.29) is 17.7 Å². The van der Waals surface area contributed by atoms with E-state index in [9.17, 15) is 15.2 Å². The van der Waals surface area contributed by atoms with Crippen LogP contribution in [0, 0.1) is 23.0 Å². The van der Waals surface area contributed by atoms with Gasteiger partial charge in [-0.2, -0.15) is 0 Å². The molecule has 0 amide bonds. The van der Waals surface area contributed by atoms with E-state index in [1.54, 1.807) is 6.07 Å². The zero-order chi connectivity index (χ0) is 13.3. The Labute approximate surface area is 105 Å². The third kappa shape index (κ3) is 2.43. The summed E-state index contributed by atoms with van der Waals surface area (Å²) in [6.07, 6.45) is 0.290. The molecule has 6 heteroatoms. The maximum Gasteiger partial charge on any atom is 0.311 e. The molecule has 1 aliphatic rings. The van der Waals surface area contributed by atoms with Gasteiger partial charge in [-0.25, -0.2) is 4.98 Å². The van der Waals surface area contributed by atoms with Gasteiger partial charge in [-0.05, 0) is 25.3 Å². The molecule has 1 N–H and O–H groups in total. The number of anilines is 1.